The number of halogens is 3. The van der Waals surface area contributed by atoms with Gasteiger partial charge in [0, 0.05) is 26.4 Å². The molecule has 0 saturated carbocycles. The predicted octanol–water partition coefficient (Wildman–Crippen LogP) is 5.20. The second kappa shape index (κ2) is 5.25. The summed E-state index contributed by atoms with van der Waals surface area (Å²) in [6.45, 7) is 1.98. The summed E-state index contributed by atoms with van der Waals surface area (Å²) in [5.41, 5.74) is 1.86. The number of anilines is 2. The van der Waals surface area contributed by atoms with Crippen LogP contribution < -0.4 is 5.32 Å². The lowest BCUT2D eigenvalue weighted by molar-refractivity contribution is 1.24. The van der Waals surface area contributed by atoms with Crippen LogP contribution in [0.2, 0.25) is 10.0 Å². The standard InChI is InChI=1S/C12H9BrCl2N2/c1-7-2-8(13)6-16-12(7)17-11-4-9(14)3-10(15)5-11/h2-6H,1H3,(H,16,17). The Morgan fingerprint density at radius 1 is 1.12 bits per heavy atom. The molecule has 1 aromatic heterocycles. The molecule has 1 aromatic carbocycles. The monoisotopic (exact) mass is 330 g/mol. The van der Waals surface area contributed by atoms with Crippen molar-refractivity contribution in [2.75, 3.05) is 5.32 Å². The highest BCUT2D eigenvalue weighted by atomic mass is 79.9. The van der Waals surface area contributed by atoms with Gasteiger partial charge in [-0.1, -0.05) is 23.2 Å². The molecule has 0 spiro atoms. The molecule has 0 radical (unpaired) electrons. The fourth-order valence-electron chi connectivity index (χ4n) is 1.43. The second-order valence-corrected chi connectivity index (χ2v) is 5.39. The molecule has 17 heavy (non-hydrogen) atoms. The Kier molecular flexibility index (Phi) is 3.92. The Morgan fingerprint density at radius 3 is 2.35 bits per heavy atom. The molecule has 0 aliphatic heterocycles. The van der Waals surface area contributed by atoms with E-state index in [1.807, 2.05) is 13.0 Å². The molecular formula is C12H9BrCl2N2. The van der Waals surface area contributed by atoms with Gasteiger partial charge in [0.05, 0.1) is 0 Å². The Hall–Kier alpha value is -0.770. The molecule has 5 heteroatoms. The van der Waals surface area contributed by atoms with Gasteiger partial charge in [-0.3, -0.25) is 0 Å². The number of aryl methyl sites for hydroxylation is 1. The minimum absolute atomic E-state index is 0.592. The molecule has 0 fully saturated rings. The number of aromatic nitrogens is 1. The first kappa shape index (κ1) is 12.7. The summed E-state index contributed by atoms with van der Waals surface area (Å²) in [6.07, 6.45) is 1.74. The zero-order chi connectivity index (χ0) is 12.4. The molecule has 0 atom stereocenters. The van der Waals surface area contributed by atoms with Crippen LogP contribution in [0.4, 0.5) is 11.5 Å². The minimum atomic E-state index is 0.592. The third-order valence-corrected chi connectivity index (χ3v) is 3.04. The maximum absolute atomic E-state index is 5.93. The van der Waals surface area contributed by atoms with E-state index in [-0.39, 0.29) is 0 Å². The van der Waals surface area contributed by atoms with Crippen molar-refractivity contribution in [2.24, 2.45) is 0 Å². The van der Waals surface area contributed by atoms with Crippen molar-refractivity contribution in [1.29, 1.82) is 0 Å². The average molecular weight is 332 g/mol. The van der Waals surface area contributed by atoms with Crippen LogP contribution >= 0.6 is 39.1 Å². The van der Waals surface area contributed by atoms with Gasteiger partial charge in [0.1, 0.15) is 5.82 Å². The molecule has 2 nitrogen and oxygen atoms in total. The molecule has 1 heterocycles. The first-order chi connectivity index (χ1) is 8.04. The van der Waals surface area contributed by atoms with Gasteiger partial charge in [-0.25, -0.2) is 4.98 Å². The summed E-state index contributed by atoms with van der Waals surface area (Å²) < 4.78 is 0.949. The Morgan fingerprint density at radius 2 is 1.76 bits per heavy atom. The number of hydrogen-bond donors (Lipinski definition) is 1. The minimum Gasteiger partial charge on any atom is -0.340 e. The van der Waals surface area contributed by atoms with E-state index in [4.69, 9.17) is 23.2 Å². The molecule has 2 aromatic rings. The maximum Gasteiger partial charge on any atom is 0.133 e. The number of benzene rings is 1. The van der Waals surface area contributed by atoms with Crippen LogP contribution in [0, 0.1) is 6.92 Å². The van der Waals surface area contributed by atoms with Crippen molar-refractivity contribution < 1.29 is 0 Å². The molecule has 0 saturated heterocycles. The molecular weight excluding hydrogens is 323 g/mol. The summed E-state index contributed by atoms with van der Waals surface area (Å²) >= 11 is 15.2. The topological polar surface area (TPSA) is 24.9 Å². The van der Waals surface area contributed by atoms with Gasteiger partial charge in [-0.2, -0.15) is 0 Å². The summed E-state index contributed by atoms with van der Waals surface area (Å²) in [6, 6.07) is 7.28. The van der Waals surface area contributed by atoms with Crippen molar-refractivity contribution in [3.63, 3.8) is 0 Å². The van der Waals surface area contributed by atoms with Crippen molar-refractivity contribution in [3.8, 4) is 0 Å². The number of hydrogen-bond acceptors (Lipinski definition) is 2. The highest BCUT2D eigenvalue weighted by molar-refractivity contribution is 9.10. The molecule has 1 N–H and O–H groups in total. The van der Waals surface area contributed by atoms with E-state index in [0.29, 0.717) is 10.0 Å². The average Bonchev–Trinajstić information content (AvgIpc) is 2.21. The number of rotatable bonds is 2. The first-order valence-corrected chi connectivity index (χ1v) is 6.45. The van der Waals surface area contributed by atoms with Gasteiger partial charge < -0.3 is 5.32 Å². The maximum atomic E-state index is 5.93. The van der Waals surface area contributed by atoms with Gasteiger partial charge >= 0.3 is 0 Å². The van der Waals surface area contributed by atoms with Gasteiger partial charge in [0.25, 0.3) is 0 Å². The highest BCUT2D eigenvalue weighted by Gasteiger charge is 2.03. The highest BCUT2D eigenvalue weighted by Crippen LogP contribution is 2.26. The molecule has 0 bridgehead atoms. The fraction of sp³-hybridized carbons (Fsp3) is 0.0833. The normalized spacial score (nSPS) is 10.4. The largest absolute Gasteiger partial charge is 0.340 e. The van der Waals surface area contributed by atoms with Crippen LogP contribution in [-0.2, 0) is 0 Å². The fourth-order valence-corrected chi connectivity index (χ4v) is 2.41. The third-order valence-electron chi connectivity index (χ3n) is 2.17. The van der Waals surface area contributed by atoms with Gasteiger partial charge in [-0.15, -0.1) is 0 Å². The van der Waals surface area contributed by atoms with Crippen LogP contribution in [-0.4, -0.2) is 4.98 Å². The quantitative estimate of drug-likeness (QED) is 0.817. The van der Waals surface area contributed by atoms with E-state index < -0.39 is 0 Å². The molecule has 0 aliphatic carbocycles. The number of nitrogens with one attached hydrogen (secondary N) is 1. The summed E-state index contributed by atoms with van der Waals surface area (Å²) in [5, 5.41) is 4.36. The molecule has 0 aliphatic rings. The molecule has 88 valence electrons. The van der Waals surface area contributed by atoms with Crippen LogP contribution in [0.5, 0.6) is 0 Å². The van der Waals surface area contributed by atoms with E-state index in [1.54, 1.807) is 24.4 Å². The first-order valence-electron chi connectivity index (χ1n) is 4.90. The van der Waals surface area contributed by atoms with E-state index >= 15 is 0 Å². The van der Waals surface area contributed by atoms with Crippen LogP contribution in [0.25, 0.3) is 0 Å². The van der Waals surface area contributed by atoms with Crippen LogP contribution in [0.15, 0.2) is 34.9 Å². The van der Waals surface area contributed by atoms with Crippen molar-refractivity contribution in [1.82, 2.24) is 4.98 Å². The van der Waals surface area contributed by atoms with E-state index in [1.165, 1.54) is 0 Å². The zero-order valence-corrected chi connectivity index (χ0v) is 12.1. The van der Waals surface area contributed by atoms with Crippen molar-refractivity contribution in [3.05, 3.63) is 50.5 Å². The van der Waals surface area contributed by atoms with Crippen LogP contribution in [0.3, 0.4) is 0 Å². The molecule has 0 amide bonds. The van der Waals surface area contributed by atoms with E-state index in [0.717, 1.165) is 21.5 Å². The van der Waals surface area contributed by atoms with Crippen LogP contribution in [0.1, 0.15) is 5.56 Å². The van der Waals surface area contributed by atoms with E-state index in [2.05, 4.69) is 26.2 Å². The number of pyridine rings is 1. The SMILES string of the molecule is Cc1cc(Br)cnc1Nc1cc(Cl)cc(Cl)c1. The lowest BCUT2D eigenvalue weighted by Gasteiger charge is -2.09. The van der Waals surface area contributed by atoms with Crippen molar-refractivity contribution in [2.45, 2.75) is 6.92 Å². The number of nitrogens with zero attached hydrogens (tertiary/aromatic N) is 1. The Balaban J connectivity index is 2.31. The predicted molar refractivity (Wildman–Crippen MR) is 76.4 cm³/mol. The zero-order valence-electron chi connectivity index (χ0n) is 8.97. The second-order valence-electron chi connectivity index (χ2n) is 3.60. The third kappa shape index (κ3) is 3.35. The summed E-state index contributed by atoms with van der Waals surface area (Å²) in [5.74, 6) is 0.784. The van der Waals surface area contributed by atoms with Gasteiger partial charge in [0.15, 0.2) is 0 Å². The van der Waals surface area contributed by atoms with Gasteiger partial charge in [0.2, 0.25) is 0 Å². The lowest BCUT2D eigenvalue weighted by Crippen LogP contribution is -1.96. The molecule has 2 rings (SSSR count). The van der Waals surface area contributed by atoms with Gasteiger partial charge in [-0.05, 0) is 52.7 Å². The van der Waals surface area contributed by atoms with Crippen molar-refractivity contribution >= 4 is 50.6 Å². The summed E-state index contributed by atoms with van der Waals surface area (Å²) in [4.78, 5) is 4.29. The Bertz CT molecular complexity index is 538. The lowest BCUT2D eigenvalue weighted by atomic mass is 10.2. The molecule has 0 unspecified atom stereocenters. The Labute approximate surface area is 118 Å². The van der Waals surface area contributed by atoms with E-state index in [9.17, 15) is 0 Å². The summed E-state index contributed by atoms with van der Waals surface area (Å²) in [7, 11) is 0. The smallest absolute Gasteiger partial charge is 0.133 e.